The molecule has 106 valence electrons. The number of nitrogens with two attached hydrogens (primary N) is 1. The van der Waals surface area contributed by atoms with Crippen LogP contribution in [-0.2, 0) is 6.42 Å². The summed E-state index contributed by atoms with van der Waals surface area (Å²) >= 11 is 0. The molecule has 0 aromatic heterocycles. The van der Waals surface area contributed by atoms with E-state index in [1.165, 1.54) is 29.2 Å². The Morgan fingerprint density at radius 3 is 2.65 bits per heavy atom. The van der Waals surface area contributed by atoms with Crippen LogP contribution in [0.1, 0.15) is 38.7 Å². The van der Waals surface area contributed by atoms with E-state index in [0.29, 0.717) is 5.92 Å². The van der Waals surface area contributed by atoms with E-state index in [-0.39, 0.29) is 5.54 Å². The van der Waals surface area contributed by atoms with Crippen LogP contribution >= 0.6 is 0 Å². The van der Waals surface area contributed by atoms with Gasteiger partial charge in [-0.05, 0) is 53.9 Å². The van der Waals surface area contributed by atoms with E-state index in [2.05, 4.69) is 56.3 Å². The summed E-state index contributed by atoms with van der Waals surface area (Å²) in [5, 5.41) is 2.69. The summed E-state index contributed by atoms with van der Waals surface area (Å²) in [5.74, 6) is 1.43. The van der Waals surface area contributed by atoms with Gasteiger partial charge in [0, 0.05) is 5.54 Å². The number of hydrogen-bond acceptors (Lipinski definition) is 1. The van der Waals surface area contributed by atoms with Crippen molar-refractivity contribution in [1.29, 1.82) is 0 Å². The Balaban J connectivity index is 1.93. The van der Waals surface area contributed by atoms with Crippen molar-refractivity contribution >= 4 is 10.8 Å². The number of benzene rings is 2. The number of fused-ring (bicyclic) bond motifs is 1. The molecule has 0 radical (unpaired) electrons. The second-order valence-electron chi connectivity index (χ2n) is 6.83. The molecule has 0 amide bonds. The van der Waals surface area contributed by atoms with Gasteiger partial charge in [0.25, 0.3) is 0 Å². The minimum absolute atomic E-state index is 0.0311. The molecule has 0 bridgehead atoms. The van der Waals surface area contributed by atoms with Gasteiger partial charge in [-0.1, -0.05) is 56.3 Å². The Kier molecular flexibility index (Phi) is 3.55. The predicted molar refractivity (Wildman–Crippen MR) is 86.7 cm³/mol. The van der Waals surface area contributed by atoms with Gasteiger partial charge in [-0.3, -0.25) is 0 Å². The average molecular weight is 267 g/mol. The van der Waals surface area contributed by atoms with Crippen LogP contribution in [0.4, 0.5) is 0 Å². The minimum atomic E-state index is -0.0311. The van der Waals surface area contributed by atoms with Gasteiger partial charge in [0.05, 0.1) is 0 Å². The molecular weight excluding hydrogens is 242 g/mol. The minimum Gasteiger partial charge on any atom is -0.325 e. The largest absolute Gasteiger partial charge is 0.325 e. The highest BCUT2D eigenvalue weighted by Gasteiger charge is 2.36. The first kappa shape index (κ1) is 13.6. The second-order valence-corrected chi connectivity index (χ2v) is 6.83. The van der Waals surface area contributed by atoms with Crippen molar-refractivity contribution in [3.8, 4) is 0 Å². The lowest BCUT2D eigenvalue weighted by Gasteiger charge is -2.42. The van der Waals surface area contributed by atoms with Crippen LogP contribution in [0.15, 0.2) is 42.5 Å². The van der Waals surface area contributed by atoms with Crippen LogP contribution in [0, 0.1) is 11.8 Å². The molecule has 1 aliphatic rings. The quantitative estimate of drug-likeness (QED) is 0.849. The third kappa shape index (κ3) is 2.47. The van der Waals surface area contributed by atoms with Gasteiger partial charge in [-0.15, -0.1) is 0 Å². The van der Waals surface area contributed by atoms with Crippen molar-refractivity contribution in [2.45, 2.75) is 45.1 Å². The fourth-order valence-corrected chi connectivity index (χ4v) is 3.78. The lowest BCUT2D eigenvalue weighted by molar-refractivity contribution is 0.164. The monoisotopic (exact) mass is 267 g/mol. The summed E-state index contributed by atoms with van der Waals surface area (Å²) in [6.45, 7) is 4.69. The Morgan fingerprint density at radius 2 is 1.85 bits per heavy atom. The number of rotatable bonds is 2. The van der Waals surface area contributed by atoms with Gasteiger partial charge in [0.1, 0.15) is 0 Å². The molecule has 0 spiro atoms. The van der Waals surface area contributed by atoms with Crippen LogP contribution in [0.25, 0.3) is 10.8 Å². The Bertz CT molecular complexity index is 598. The summed E-state index contributed by atoms with van der Waals surface area (Å²) < 4.78 is 0. The summed E-state index contributed by atoms with van der Waals surface area (Å²) in [6, 6.07) is 15.3. The van der Waals surface area contributed by atoms with E-state index in [4.69, 9.17) is 5.73 Å². The molecule has 20 heavy (non-hydrogen) atoms. The summed E-state index contributed by atoms with van der Waals surface area (Å²) in [4.78, 5) is 0. The van der Waals surface area contributed by atoms with Crippen LogP contribution in [-0.4, -0.2) is 5.54 Å². The highest BCUT2D eigenvalue weighted by molar-refractivity contribution is 5.85. The fraction of sp³-hybridized carbons (Fsp3) is 0.474. The molecule has 1 aliphatic carbocycles. The van der Waals surface area contributed by atoms with E-state index < -0.39 is 0 Å². The van der Waals surface area contributed by atoms with E-state index in [1.54, 1.807) is 0 Å². The Labute approximate surface area is 122 Å². The zero-order chi connectivity index (χ0) is 14.2. The molecule has 3 atom stereocenters. The third-order valence-electron chi connectivity index (χ3n) is 5.24. The van der Waals surface area contributed by atoms with Crippen molar-refractivity contribution < 1.29 is 0 Å². The van der Waals surface area contributed by atoms with Gasteiger partial charge < -0.3 is 5.73 Å². The van der Waals surface area contributed by atoms with Gasteiger partial charge in [0.2, 0.25) is 0 Å². The molecule has 2 aromatic carbocycles. The van der Waals surface area contributed by atoms with E-state index in [1.807, 2.05) is 0 Å². The third-order valence-corrected chi connectivity index (χ3v) is 5.24. The maximum Gasteiger partial charge on any atom is 0.0221 e. The molecule has 0 heterocycles. The molecule has 3 unspecified atom stereocenters. The first-order chi connectivity index (χ1) is 9.58. The molecule has 1 fully saturated rings. The lowest BCUT2D eigenvalue weighted by Crippen LogP contribution is -2.51. The zero-order valence-electron chi connectivity index (χ0n) is 12.6. The molecule has 2 N–H and O–H groups in total. The van der Waals surface area contributed by atoms with Crippen LogP contribution < -0.4 is 5.73 Å². The van der Waals surface area contributed by atoms with E-state index in [0.717, 1.165) is 18.8 Å². The molecule has 3 rings (SSSR count). The Hall–Kier alpha value is -1.34. The van der Waals surface area contributed by atoms with Crippen molar-refractivity contribution in [2.24, 2.45) is 17.6 Å². The van der Waals surface area contributed by atoms with Crippen LogP contribution in [0.5, 0.6) is 0 Å². The summed E-state index contributed by atoms with van der Waals surface area (Å²) in [7, 11) is 0. The predicted octanol–water partition coefficient (Wildman–Crippen LogP) is 4.54. The lowest BCUT2D eigenvalue weighted by atomic mass is 9.68. The zero-order valence-corrected chi connectivity index (χ0v) is 12.6. The highest BCUT2D eigenvalue weighted by atomic mass is 14.8. The standard InChI is InChI=1S/C19H25N/c1-14-10-11-19(20,15(2)12-14)13-17-8-5-7-16-6-3-4-9-18(16)17/h3-9,14-15H,10-13,20H2,1-2H3. The Morgan fingerprint density at radius 1 is 1.10 bits per heavy atom. The second kappa shape index (κ2) is 5.21. The number of hydrogen-bond donors (Lipinski definition) is 1. The summed E-state index contributed by atoms with van der Waals surface area (Å²) in [6.07, 6.45) is 4.69. The fourth-order valence-electron chi connectivity index (χ4n) is 3.78. The first-order valence-corrected chi connectivity index (χ1v) is 7.84. The van der Waals surface area contributed by atoms with Crippen molar-refractivity contribution in [3.05, 3.63) is 48.0 Å². The first-order valence-electron chi connectivity index (χ1n) is 7.84. The van der Waals surface area contributed by atoms with E-state index >= 15 is 0 Å². The van der Waals surface area contributed by atoms with E-state index in [9.17, 15) is 0 Å². The smallest absolute Gasteiger partial charge is 0.0221 e. The van der Waals surface area contributed by atoms with Gasteiger partial charge >= 0.3 is 0 Å². The van der Waals surface area contributed by atoms with Crippen molar-refractivity contribution in [3.63, 3.8) is 0 Å². The SMILES string of the molecule is CC1CCC(N)(Cc2cccc3ccccc23)C(C)C1. The summed E-state index contributed by atoms with van der Waals surface area (Å²) in [5.41, 5.74) is 8.17. The molecular formula is C19H25N. The highest BCUT2D eigenvalue weighted by Crippen LogP contribution is 2.38. The van der Waals surface area contributed by atoms with Crippen LogP contribution in [0.3, 0.4) is 0 Å². The molecule has 1 saturated carbocycles. The van der Waals surface area contributed by atoms with Gasteiger partial charge in [0.15, 0.2) is 0 Å². The average Bonchev–Trinajstić information content (AvgIpc) is 2.44. The molecule has 0 aliphatic heterocycles. The molecule has 1 nitrogen and oxygen atoms in total. The molecule has 1 heteroatoms. The topological polar surface area (TPSA) is 26.0 Å². The van der Waals surface area contributed by atoms with Gasteiger partial charge in [-0.2, -0.15) is 0 Å². The van der Waals surface area contributed by atoms with Gasteiger partial charge in [-0.25, -0.2) is 0 Å². The van der Waals surface area contributed by atoms with Crippen LogP contribution in [0.2, 0.25) is 0 Å². The van der Waals surface area contributed by atoms with Crippen molar-refractivity contribution in [2.75, 3.05) is 0 Å². The normalized spacial score (nSPS) is 30.6. The van der Waals surface area contributed by atoms with Crippen molar-refractivity contribution in [1.82, 2.24) is 0 Å². The maximum atomic E-state index is 6.79. The molecule has 0 saturated heterocycles. The maximum absolute atomic E-state index is 6.79. The molecule has 2 aromatic rings.